The van der Waals surface area contributed by atoms with Gasteiger partial charge in [-0.05, 0) is 55.6 Å². The number of nitrogens with zero attached hydrogens (tertiary/aromatic N) is 3. The predicted molar refractivity (Wildman–Crippen MR) is 109 cm³/mol. The lowest BCUT2D eigenvalue weighted by Gasteiger charge is -2.37. The second-order valence-electron chi connectivity index (χ2n) is 8.05. The maximum absolute atomic E-state index is 12.7. The summed E-state index contributed by atoms with van der Waals surface area (Å²) < 4.78 is 38.0. The average Bonchev–Trinajstić information content (AvgIpc) is 2.73. The fraction of sp³-hybridized carbons (Fsp3) is 0.455. The fourth-order valence-electron chi connectivity index (χ4n) is 4.20. The lowest BCUT2D eigenvalue weighted by molar-refractivity contribution is -0.141. The number of nitrogens with one attached hydrogen (secondary N) is 1. The number of hydrogen-bond acceptors (Lipinski definition) is 4. The maximum Gasteiger partial charge on any atom is 0.433 e. The van der Waals surface area contributed by atoms with Crippen molar-refractivity contribution in [3.05, 3.63) is 58.9 Å². The van der Waals surface area contributed by atoms with Crippen molar-refractivity contribution in [1.29, 1.82) is 0 Å². The van der Waals surface area contributed by atoms with Crippen LogP contribution < -0.4 is 10.2 Å². The van der Waals surface area contributed by atoms with E-state index in [9.17, 15) is 18.0 Å². The third kappa shape index (κ3) is 4.43. The first-order valence-corrected chi connectivity index (χ1v) is 10.2. The topological polar surface area (TPSA) is 48.5 Å². The molecule has 1 saturated heterocycles. The molecule has 2 heterocycles. The molecule has 1 fully saturated rings. The highest BCUT2D eigenvalue weighted by atomic mass is 19.4. The monoisotopic (exact) mass is 418 g/mol. The highest BCUT2D eigenvalue weighted by Crippen LogP contribution is 2.31. The number of halogens is 3. The Kier molecular flexibility index (Phi) is 5.69. The van der Waals surface area contributed by atoms with Crippen molar-refractivity contribution in [2.75, 3.05) is 38.1 Å². The van der Waals surface area contributed by atoms with Crippen LogP contribution in [0, 0.1) is 0 Å². The van der Waals surface area contributed by atoms with Crippen LogP contribution in [-0.4, -0.2) is 55.1 Å². The summed E-state index contributed by atoms with van der Waals surface area (Å²) >= 11 is 0. The Hall–Kier alpha value is -2.61. The Bertz CT molecular complexity index is 906. The second kappa shape index (κ2) is 8.26. The van der Waals surface area contributed by atoms with E-state index in [2.05, 4.69) is 45.3 Å². The molecule has 1 aliphatic heterocycles. The molecule has 5 nitrogen and oxygen atoms in total. The molecule has 0 bridgehead atoms. The molecular formula is C22H25F3N4O. The number of aromatic nitrogens is 1. The molecule has 2 aromatic rings. The molecule has 1 aliphatic carbocycles. The number of piperazine rings is 1. The van der Waals surface area contributed by atoms with Crippen LogP contribution in [0.2, 0.25) is 0 Å². The van der Waals surface area contributed by atoms with Crippen LogP contribution in [0.3, 0.4) is 0 Å². The Labute approximate surface area is 173 Å². The predicted octanol–water partition coefficient (Wildman–Crippen LogP) is 3.14. The zero-order chi connectivity index (χ0) is 21.3. The normalized spacial score (nSPS) is 20.0. The van der Waals surface area contributed by atoms with Gasteiger partial charge in [0.15, 0.2) is 0 Å². The average molecular weight is 418 g/mol. The molecule has 0 radical (unpaired) electrons. The van der Waals surface area contributed by atoms with Crippen LogP contribution in [0.1, 0.15) is 33.6 Å². The summed E-state index contributed by atoms with van der Waals surface area (Å²) in [5.74, 6) is -0.387. The quantitative estimate of drug-likeness (QED) is 0.832. The molecule has 0 spiro atoms. The van der Waals surface area contributed by atoms with Gasteiger partial charge in [0.1, 0.15) is 5.69 Å². The molecule has 0 unspecified atom stereocenters. The van der Waals surface area contributed by atoms with Crippen molar-refractivity contribution in [3.63, 3.8) is 0 Å². The summed E-state index contributed by atoms with van der Waals surface area (Å²) in [5, 5.41) is 2.98. The summed E-state index contributed by atoms with van der Waals surface area (Å²) in [6.07, 6.45) is -1.13. The van der Waals surface area contributed by atoms with E-state index in [1.807, 2.05) is 0 Å². The number of likely N-dealkylation sites (N-methyl/N-ethyl adjacent to an activating group) is 1. The first-order valence-electron chi connectivity index (χ1n) is 10.2. The first-order chi connectivity index (χ1) is 14.3. The molecular weight excluding hydrogens is 393 g/mol. The highest BCUT2D eigenvalue weighted by Gasteiger charge is 2.32. The number of carbonyl (C=O) groups is 1. The second-order valence-corrected chi connectivity index (χ2v) is 8.05. The van der Waals surface area contributed by atoms with Crippen LogP contribution in [-0.2, 0) is 19.0 Å². The van der Waals surface area contributed by atoms with Crippen LogP contribution >= 0.6 is 0 Å². The number of alkyl halides is 3. The maximum atomic E-state index is 12.7. The number of rotatable bonds is 3. The number of pyridine rings is 1. The summed E-state index contributed by atoms with van der Waals surface area (Å²) in [6.45, 7) is 3.98. The van der Waals surface area contributed by atoms with E-state index in [1.165, 1.54) is 22.9 Å². The number of carbonyl (C=O) groups excluding carboxylic acids is 1. The van der Waals surface area contributed by atoms with Gasteiger partial charge in [0, 0.05) is 44.1 Å². The van der Waals surface area contributed by atoms with Gasteiger partial charge in [0.25, 0.3) is 5.91 Å². The minimum absolute atomic E-state index is 0.0547. The van der Waals surface area contributed by atoms with Crippen LogP contribution in [0.25, 0.3) is 0 Å². The van der Waals surface area contributed by atoms with Gasteiger partial charge in [-0.3, -0.25) is 9.78 Å². The van der Waals surface area contributed by atoms with Gasteiger partial charge in [0.2, 0.25) is 0 Å². The molecule has 1 N–H and O–H groups in total. The largest absolute Gasteiger partial charge is 0.433 e. The lowest BCUT2D eigenvalue weighted by atomic mass is 9.86. The third-order valence-electron chi connectivity index (χ3n) is 5.96. The molecule has 2 aliphatic rings. The molecule has 1 aromatic carbocycles. The van der Waals surface area contributed by atoms with Crippen molar-refractivity contribution in [2.45, 2.75) is 31.5 Å². The van der Waals surface area contributed by atoms with E-state index in [4.69, 9.17) is 0 Å². The van der Waals surface area contributed by atoms with Crippen molar-refractivity contribution < 1.29 is 18.0 Å². The van der Waals surface area contributed by atoms with E-state index in [-0.39, 0.29) is 17.5 Å². The molecule has 0 saturated carbocycles. The fourth-order valence-corrected chi connectivity index (χ4v) is 4.20. The van der Waals surface area contributed by atoms with Crippen LogP contribution in [0.15, 0.2) is 36.5 Å². The zero-order valence-electron chi connectivity index (χ0n) is 16.9. The summed E-state index contributed by atoms with van der Waals surface area (Å²) in [7, 11) is 2.12. The SMILES string of the molecule is CN1CCN(c2cccc3c2C[C@H](NC(=O)c2ccc(C(F)(F)F)nc2)CC3)CC1. The standard InChI is InChI=1S/C22H25F3N4O/c1-28-9-11-29(12-10-28)19-4-2-3-15-5-7-17(13-18(15)19)27-21(30)16-6-8-20(26-14-16)22(23,24)25/h2-4,6,8,14,17H,5,7,9-13H2,1H3,(H,27,30)/t17-/m1/s1. The van der Waals surface area contributed by atoms with Gasteiger partial charge < -0.3 is 15.1 Å². The summed E-state index contributed by atoms with van der Waals surface area (Å²) in [5.41, 5.74) is 2.96. The molecule has 160 valence electrons. The van der Waals surface area contributed by atoms with Crippen molar-refractivity contribution >= 4 is 11.6 Å². The van der Waals surface area contributed by atoms with Gasteiger partial charge in [-0.15, -0.1) is 0 Å². The molecule has 8 heteroatoms. The molecule has 30 heavy (non-hydrogen) atoms. The summed E-state index contributed by atoms with van der Waals surface area (Å²) in [4.78, 5) is 20.7. The molecule has 1 amide bonds. The Morgan fingerprint density at radius 3 is 2.57 bits per heavy atom. The van der Waals surface area contributed by atoms with E-state index >= 15 is 0 Å². The van der Waals surface area contributed by atoms with E-state index < -0.39 is 11.9 Å². The number of hydrogen-bond donors (Lipinski definition) is 1. The van der Waals surface area contributed by atoms with Gasteiger partial charge in [-0.1, -0.05) is 12.1 Å². The number of benzene rings is 1. The summed E-state index contributed by atoms with van der Waals surface area (Å²) in [6, 6.07) is 8.36. The number of anilines is 1. The van der Waals surface area contributed by atoms with Gasteiger partial charge in [-0.2, -0.15) is 13.2 Å². The molecule has 1 atom stereocenters. The van der Waals surface area contributed by atoms with E-state index in [0.29, 0.717) is 0 Å². The van der Waals surface area contributed by atoms with Crippen molar-refractivity contribution in [3.8, 4) is 0 Å². The van der Waals surface area contributed by atoms with Crippen molar-refractivity contribution in [1.82, 2.24) is 15.2 Å². The van der Waals surface area contributed by atoms with Crippen LogP contribution in [0.4, 0.5) is 18.9 Å². The minimum Gasteiger partial charge on any atom is -0.369 e. The van der Waals surface area contributed by atoms with E-state index in [1.54, 1.807) is 0 Å². The van der Waals surface area contributed by atoms with Gasteiger partial charge in [-0.25, -0.2) is 0 Å². The van der Waals surface area contributed by atoms with Crippen LogP contribution in [0.5, 0.6) is 0 Å². The van der Waals surface area contributed by atoms with E-state index in [0.717, 1.165) is 57.7 Å². The van der Waals surface area contributed by atoms with Gasteiger partial charge in [0.05, 0.1) is 5.56 Å². The first kappa shape index (κ1) is 20.7. The Balaban J connectivity index is 1.46. The smallest absolute Gasteiger partial charge is 0.369 e. The Morgan fingerprint density at radius 1 is 1.13 bits per heavy atom. The Morgan fingerprint density at radius 2 is 1.90 bits per heavy atom. The molecule has 1 aromatic heterocycles. The molecule has 4 rings (SSSR count). The zero-order valence-corrected chi connectivity index (χ0v) is 16.9. The van der Waals surface area contributed by atoms with Gasteiger partial charge >= 0.3 is 6.18 Å². The van der Waals surface area contributed by atoms with Crippen molar-refractivity contribution in [2.24, 2.45) is 0 Å². The third-order valence-corrected chi connectivity index (χ3v) is 5.96. The number of fused-ring (bicyclic) bond motifs is 1. The number of aryl methyl sites for hydroxylation is 1. The lowest BCUT2D eigenvalue weighted by Crippen LogP contribution is -2.45. The number of amides is 1. The minimum atomic E-state index is -4.51. The highest BCUT2D eigenvalue weighted by molar-refractivity contribution is 5.94.